The van der Waals surface area contributed by atoms with Gasteiger partial charge in [0.15, 0.2) is 0 Å². The largest absolute Gasteiger partial charge is 0.396 e. The summed E-state index contributed by atoms with van der Waals surface area (Å²) in [6, 6.07) is 5.71. The number of carbonyl (C=O) groups is 1. The van der Waals surface area contributed by atoms with E-state index in [1.807, 2.05) is 0 Å². The average molecular weight is 267 g/mol. The van der Waals surface area contributed by atoms with Gasteiger partial charge in [0.05, 0.1) is 12.5 Å². The fourth-order valence-electron chi connectivity index (χ4n) is 2.48. The molecule has 3 atom stereocenters. The number of benzene rings is 1. The maximum atomic E-state index is 12.7. The molecule has 4 nitrogen and oxygen atoms in total. The van der Waals surface area contributed by atoms with E-state index >= 15 is 0 Å². The summed E-state index contributed by atoms with van der Waals surface area (Å²) in [5.74, 6) is -0.632. The molecule has 1 aromatic rings. The van der Waals surface area contributed by atoms with Crippen LogP contribution in [0.4, 0.5) is 4.39 Å². The molecule has 1 fully saturated rings. The molecule has 0 bridgehead atoms. The molecule has 0 radical (unpaired) electrons. The molecular weight excluding hydrogens is 249 g/mol. The summed E-state index contributed by atoms with van der Waals surface area (Å²) in [6.45, 7) is -0.0640. The van der Waals surface area contributed by atoms with Crippen LogP contribution in [0.5, 0.6) is 0 Å². The van der Waals surface area contributed by atoms with Gasteiger partial charge in [-0.15, -0.1) is 0 Å². The Hall–Kier alpha value is -1.46. The van der Waals surface area contributed by atoms with E-state index in [0.29, 0.717) is 12.8 Å². The number of aliphatic hydroxyl groups is 2. The highest BCUT2D eigenvalue weighted by atomic mass is 19.1. The van der Waals surface area contributed by atoms with E-state index in [-0.39, 0.29) is 36.7 Å². The Labute approximate surface area is 111 Å². The molecule has 1 aromatic carbocycles. The van der Waals surface area contributed by atoms with Crippen molar-refractivity contribution in [3.8, 4) is 0 Å². The number of halogens is 1. The lowest BCUT2D eigenvalue weighted by molar-refractivity contribution is -0.121. The van der Waals surface area contributed by atoms with Gasteiger partial charge >= 0.3 is 0 Å². The minimum Gasteiger partial charge on any atom is -0.396 e. The van der Waals surface area contributed by atoms with Crippen LogP contribution in [0.3, 0.4) is 0 Å². The van der Waals surface area contributed by atoms with Gasteiger partial charge in [0.2, 0.25) is 5.91 Å². The van der Waals surface area contributed by atoms with Crippen LogP contribution in [0.1, 0.15) is 18.4 Å². The Morgan fingerprint density at radius 2 is 2.00 bits per heavy atom. The predicted molar refractivity (Wildman–Crippen MR) is 67.9 cm³/mol. The molecule has 0 unspecified atom stereocenters. The zero-order valence-corrected chi connectivity index (χ0v) is 10.6. The van der Waals surface area contributed by atoms with Gasteiger partial charge in [0.1, 0.15) is 5.82 Å². The first-order valence-corrected chi connectivity index (χ1v) is 6.41. The van der Waals surface area contributed by atoms with Gasteiger partial charge < -0.3 is 15.5 Å². The summed E-state index contributed by atoms with van der Waals surface area (Å²) in [5, 5.41) is 21.5. The Morgan fingerprint density at radius 3 is 2.58 bits per heavy atom. The fraction of sp³-hybridized carbons (Fsp3) is 0.500. The molecule has 1 amide bonds. The Morgan fingerprint density at radius 1 is 1.32 bits per heavy atom. The van der Waals surface area contributed by atoms with E-state index in [2.05, 4.69) is 5.32 Å². The zero-order valence-electron chi connectivity index (χ0n) is 10.6. The SMILES string of the molecule is O=C(Cc1ccc(F)cc1)N[C@H]1C[C@@H](CO)[C@H](O)C1. The lowest BCUT2D eigenvalue weighted by Gasteiger charge is -2.12. The van der Waals surface area contributed by atoms with Gasteiger partial charge in [-0.25, -0.2) is 4.39 Å². The van der Waals surface area contributed by atoms with Crippen molar-refractivity contribution in [2.24, 2.45) is 5.92 Å². The second-order valence-electron chi connectivity index (χ2n) is 5.05. The number of nitrogens with one attached hydrogen (secondary N) is 1. The highest BCUT2D eigenvalue weighted by Gasteiger charge is 2.33. The molecule has 1 aliphatic carbocycles. The molecule has 1 aliphatic rings. The van der Waals surface area contributed by atoms with Crippen molar-refractivity contribution in [2.75, 3.05) is 6.61 Å². The van der Waals surface area contributed by atoms with Crippen LogP contribution in [0.25, 0.3) is 0 Å². The molecule has 0 aromatic heterocycles. The molecule has 5 heteroatoms. The van der Waals surface area contributed by atoms with Crippen LogP contribution in [-0.2, 0) is 11.2 Å². The van der Waals surface area contributed by atoms with Crippen LogP contribution in [0, 0.1) is 11.7 Å². The number of rotatable bonds is 4. The normalized spacial score (nSPS) is 26.4. The maximum absolute atomic E-state index is 12.7. The number of carbonyl (C=O) groups excluding carboxylic acids is 1. The van der Waals surface area contributed by atoms with E-state index in [1.165, 1.54) is 12.1 Å². The van der Waals surface area contributed by atoms with E-state index in [0.717, 1.165) is 5.56 Å². The van der Waals surface area contributed by atoms with Crippen molar-refractivity contribution in [1.29, 1.82) is 0 Å². The van der Waals surface area contributed by atoms with Crippen molar-refractivity contribution in [1.82, 2.24) is 5.32 Å². The second kappa shape index (κ2) is 6.12. The van der Waals surface area contributed by atoms with Gasteiger partial charge in [0.25, 0.3) is 0 Å². The number of hydrogen-bond acceptors (Lipinski definition) is 3. The molecule has 0 heterocycles. The molecule has 0 saturated heterocycles. The Balaban J connectivity index is 1.83. The van der Waals surface area contributed by atoms with Gasteiger partial charge in [-0.2, -0.15) is 0 Å². The summed E-state index contributed by atoms with van der Waals surface area (Å²) in [6.07, 6.45) is 0.699. The summed E-state index contributed by atoms with van der Waals surface area (Å²) in [5.41, 5.74) is 0.746. The van der Waals surface area contributed by atoms with Crippen LogP contribution >= 0.6 is 0 Å². The smallest absolute Gasteiger partial charge is 0.224 e. The van der Waals surface area contributed by atoms with Crippen LogP contribution < -0.4 is 5.32 Å². The van der Waals surface area contributed by atoms with E-state index in [9.17, 15) is 14.3 Å². The first kappa shape index (κ1) is 14.0. The van der Waals surface area contributed by atoms with Gasteiger partial charge in [0, 0.05) is 18.6 Å². The Kier molecular flexibility index (Phi) is 4.50. The minimum atomic E-state index is -0.555. The predicted octanol–water partition coefficient (Wildman–Crippen LogP) is 0.616. The summed E-state index contributed by atoms with van der Waals surface area (Å²) in [7, 11) is 0. The monoisotopic (exact) mass is 267 g/mol. The zero-order chi connectivity index (χ0) is 13.8. The summed E-state index contributed by atoms with van der Waals surface area (Å²) < 4.78 is 12.7. The van der Waals surface area contributed by atoms with Gasteiger partial charge in [-0.05, 0) is 30.5 Å². The number of hydrogen-bond donors (Lipinski definition) is 3. The van der Waals surface area contributed by atoms with Gasteiger partial charge in [-0.3, -0.25) is 4.79 Å². The molecule has 104 valence electrons. The first-order valence-electron chi connectivity index (χ1n) is 6.41. The topological polar surface area (TPSA) is 69.6 Å². The number of amides is 1. The summed E-state index contributed by atoms with van der Waals surface area (Å²) >= 11 is 0. The third kappa shape index (κ3) is 3.75. The third-order valence-corrected chi connectivity index (χ3v) is 3.53. The van der Waals surface area contributed by atoms with Crippen LogP contribution in [0.2, 0.25) is 0 Å². The van der Waals surface area contributed by atoms with Crippen molar-refractivity contribution in [3.05, 3.63) is 35.6 Å². The van der Waals surface area contributed by atoms with E-state index < -0.39 is 6.10 Å². The standard InChI is InChI=1S/C14H18FNO3/c15-11-3-1-9(2-4-11)5-14(19)16-12-6-10(8-17)13(18)7-12/h1-4,10,12-13,17-18H,5-8H2,(H,16,19)/t10-,12-,13+/m0/s1. The molecule has 0 spiro atoms. The molecule has 3 N–H and O–H groups in total. The number of aliphatic hydroxyl groups excluding tert-OH is 2. The lowest BCUT2D eigenvalue weighted by atomic mass is 10.1. The third-order valence-electron chi connectivity index (χ3n) is 3.53. The van der Waals surface area contributed by atoms with Crippen molar-refractivity contribution >= 4 is 5.91 Å². The highest BCUT2D eigenvalue weighted by Crippen LogP contribution is 2.25. The molecule has 0 aliphatic heterocycles. The molecule has 19 heavy (non-hydrogen) atoms. The molecular formula is C14H18FNO3. The lowest BCUT2D eigenvalue weighted by Crippen LogP contribution is -2.34. The van der Waals surface area contributed by atoms with Crippen LogP contribution in [0.15, 0.2) is 24.3 Å². The fourth-order valence-corrected chi connectivity index (χ4v) is 2.48. The summed E-state index contributed by atoms with van der Waals surface area (Å²) in [4.78, 5) is 11.8. The van der Waals surface area contributed by atoms with Crippen LogP contribution in [-0.4, -0.2) is 34.9 Å². The first-order chi connectivity index (χ1) is 9.08. The molecule has 1 saturated carbocycles. The van der Waals surface area contributed by atoms with E-state index in [4.69, 9.17) is 5.11 Å². The van der Waals surface area contributed by atoms with Crippen molar-refractivity contribution in [3.63, 3.8) is 0 Å². The van der Waals surface area contributed by atoms with E-state index in [1.54, 1.807) is 12.1 Å². The molecule has 2 rings (SSSR count). The quantitative estimate of drug-likeness (QED) is 0.749. The average Bonchev–Trinajstić information content (AvgIpc) is 2.72. The Bertz CT molecular complexity index is 435. The van der Waals surface area contributed by atoms with Crippen molar-refractivity contribution < 1.29 is 19.4 Å². The second-order valence-corrected chi connectivity index (χ2v) is 5.05. The minimum absolute atomic E-state index is 0.0640. The maximum Gasteiger partial charge on any atom is 0.224 e. The van der Waals surface area contributed by atoms with Crippen molar-refractivity contribution in [2.45, 2.75) is 31.4 Å². The highest BCUT2D eigenvalue weighted by molar-refractivity contribution is 5.78. The van der Waals surface area contributed by atoms with Gasteiger partial charge in [-0.1, -0.05) is 12.1 Å².